The largest absolute Gasteiger partial charge is 0.322 e. The molecule has 0 bridgehead atoms. The fourth-order valence-corrected chi connectivity index (χ4v) is 5.23. The Labute approximate surface area is 167 Å². The number of rotatable bonds is 2. The van der Waals surface area contributed by atoms with Gasteiger partial charge in [-0.25, -0.2) is 17.6 Å². The van der Waals surface area contributed by atoms with Crippen molar-refractivity contribution in [3.8, 4) is 6.07 Å². The van der Waals surface area contributed by atoms with Gasteiger partial charge in [0, 0.05) is 12.2 Å². The van der Waals surface area contributed by atoms with Gasteiger partial charge in [0.05, 0.1) is 48.0 Å². The highest BCUT2D eigenvalue weighted by molar-refractivity contribution is 7.93. The van der Waals surface area contributed by atoms with E-state index in [0.29, 0.717) is 36.6 Å². The first-order valence-electron chi connectivity index (χ1n) is 9.12. The van der Waals surface area contributed by atoms with E-state index in [1.54, 1.807) is 15.7 Å². The zero-order valence-corrected chi connectivity index (χ0v) is 16.5. The number of hydrogen-bond acceptors (Lipinski definition) is 5. The predicted molar refractivity (Wildman–Crippen MR) is 103 cm³/mol. The molecule has 0 spiro atoms. The minimum atomic E-state index is -3.36. The molecule has 152 valence electrons. The van der Waals surface area contributed by atoms with Crippen LogP contribution in [-0.4, -0.2) is 47.5 Å². The van der Waals surface area contributed by atoms with Gasteiger partial charge in [-0.2, -0.15) is 10.4 Å². The summed E-state index contributed by atoms with van der Waals surface area (Å²) in [5.74, 6) is -0.554. The predicted octanol–water partition coefficient (Wildman–Crippen LogP) is 1.87. The fraction of sp³-hybridized carbons (Fsp3) is 0.389. The Bertz CT molecular complexity index is 1120. The molecular formula is C18H19FN6O3S. The molecule has 1 atom stereocenters. The molecule has 2 aromatic rings. The van der Waals surface area contributed by atoms with Crippen molar-refractivity contribution < 1.29 is 17.6 Å². The number of carbonyl (C=O) groups is 1. The first kappa shape index (κ1) is 19.2. The molecule has 1 saturated heterocycles. The number of hydrogen-bond donors (Lipinski definition) is 1. The number of urea groups is 1. The van der Waals surface area contributed by atoms with Crippen LogP contribution in [0.4, 0.5) is 20.6 Å². The van der Waals surface area contributed by atoms with E-state index in [9.17, 15) is 17.6 Å². The zero-order valence-electron chi connectivity index (χ0n) is 15.7. The molecule has 29 heavy (non-hydrogen) atoms. The highest BCUT2D eigenvalue weighted by atomic mass is 32.2. The van der Waals surface area contributed by atoms with E-state index >= 15 is 0 Å². The van der Waals surface area contributed by atoms with Gasteiger partial charge in [0.2, 0.25) is 10.0 Å². The lowest BCUT2D eigenvalue weighted by atomic mass is 10.2. The highest BCUT2D eigenvalue weighted by Gasteiger charge is 2.35. The molecule has 1 aromatic heterocycles. The van der Waals surface area contributed by atoms with Crippen LogP contribution in [0.25, 0.3) is 0 Å². The van der Waals surface area contributed by atoms with Gasteiger partial charge >= 0.3 is 6.03 Å². The van der Waals surface area contributed by atoms with Crippen molar-refractivity contribution in [2.45, 2.75) is 32.5 Å². The molecule has 4 rings (SSSR count). The van der Waals surface area contributed by atoms with Crippen LogP contribution in [0.15, 0.2) is 24.4 Å². The van der Waals surface area contributed by atoms with Crippen molar-refractivity contribution in [3.63, 3.8) is 0 Å². The third-order valence-corrected chi connectivity index (χ3v) is 7.04. The fourth-order valence-electron chi connectivity index (χ4n) is 3.66. The third kappa shape index (κ3) is 3.40. The number of anilines is 2. The highest BCUT2D eigenvalue weighted by Crippen LogP contribution is 2.31. The van der Waals surface area contributed by atoms with Crippen LogP contribution in [-0.2, 0) is 23.1 Å². The number of carbonyl (C=O) groups excluding carboxylic acids is 1. The van der Waals surface area contributed by atoms with Crippen molar-refractivity contribution in [2.24, 2.45) is 0 Å². The summed E-state index contributed by atoms with van der Waals surface area (Å²) in [6, 6.07) is 4.91. The van der Waals surface area contributed by atoms with Gasteiger partial charge in [0.1, 0.15) is 11.9 Å². The molecule has 2 aliphatic heterocycles. The van der Waals surface area contributed by atoms with Crippen molar-refractivity contribution in [3.05, 3.63) is 41.5 Å². The Morgan fingerprint density at radius 2 is 2.21 bits per heavy atom. The lowest BCUT2D eigenvalue weighted by Gasteiger charge is -2.35. The van der Waals surface area contributed by atoms with E-state index in [2.05, 4.69) is 10.4 Å². The average Bonchev–Trinajstić information content (AvgIpc) is 3.23. The molecular weight excluding hydrogens is 399 g/mol. The van der Waals surface area contributed by atoms with Crippen molar-refractivity contribution >= 4 is 27.4 Å². The molecule has 0 saturated carbocycles. The minimum absolute atomic E-state index is 0.101. The SMILES string of the molecule is CC1Cn2ncc(N3CCCS3(=O)=O)c2CN1C(=O)Nc1ccc(F)c(C#N)c1. The van der Waals surface area contributed by atoms with E-state index in [4.69, 9.17) is 5.26 Å². The first-order valence-corrected chi connectivity index (χ1v) is 10.7. The number of nitrogens with zero attached hydrogens (tertiary/aromatic N) is 5. The van der Waals surface area contributed by atoms with Crippen LogP contribution in [0.3, 0.4) is 0 Å². The Hall–Kier alpha value is -3.13. The van der Waals surface area contributed by atoms with Crippen molar-refractivity contribution in [2.75, 3.05) is 21.9 Å². The molecule has 2 amide bonds. The van der Waals surface area contributed by atoms with E-state index in [1.165, 1.54) is 22.6 Å². The molecule has 1 aromatic carbocycles. The summed E-state index contributed by atoms with van der Waals surface area (Å²) in [5.41, 5.74) is 1.30. The molecule has 11 heteroatoms. The second-order valence-electron chi connectivity index (χ2n) is 7.11. The summed E-state index contributed by atoms with van der Waals surface area (Å²) >= 11 is 0. The summed E-state index contributed by atoms with van der Waals surface area (Å²) in [4.78, 5) is 14.4. The summed E-state index contributed by atoms with van der Waals surface area (Å²) < 4.78 is 41.2. The van der Waals surface area contributed by atoms with Crippen molar-refractivity contribution in [1.29, 1.82) is 5.26 Å². The monoisotopic (exact) mass is 418 g/mol. The van der Waals surface area contributed by atoms with Gasteiger partial charge in [-0.3, -0.25) is 8.99 Å². The van der Waals surface area contributed by atoms with E-state index in [0.717, 1.165) is 6.07 Å². The Morgan fingerprint density at radius 1 is 1.41 bits per heavy atom. The summed E-state index contributed by atoms with van der Waals surface area (Å²) in [5, 5.41) is 15.9. The number of benzene rings is 1. The molecule has 2 aliphatic rings. The van der Waals surface area contributed by atoms with E-state index in [-0.39, 0.29) is 23.9 Å². The number of halogens is 1. The number of nitrogens with one attached hydrogen (secondary N) is 1. The number of nitriles is 1. The Morgan fingerprint density at radius 3 is 2.90 bits per heavy atom. The van der Waals surface area contributed by atoms with E-state index in [1.807, 2.05) is 6.92 Å². The molecule has 9 nitrogen and oxygen atoms in total. The van der Waals surface area contributed by atoms with Crippen molar-refractivity contribution in [1.82, 2.24) is 14.7 Å². The Kier molecular flexibility index (Phi) is 4.66. The van der Waals surface area contributed by atoms with Crippen LogP contribution >= 0.6 is 0 Å². The quantitative estimate of drug-likeness (QED) is 0.800. The lowest BCUT2D eigenvalue weighted by Crippen LogP contribution is -2.47. The maximum atomic E-state index is 13.5. The van der Waals surface area contributed by atoms with Crippen LogP contribution in [0.5, 0.6) is 0 Å². The molecule has 0 radical (unpaired) electrons. The summed E-state index contributed by atoms with van der Waals surface area (Å²) in [6.45, 7) is 2.86. The second kappa shape index (κ2) is 7.04. The topological polar surface area (TPSA) is 111 Å². The van der Waals surface area contributed by atoms with Crippen LogP contribution in [0, 0.1) is 17.1 Å². The van der Waals surface area contributed by atoms with Gasteiger partial charge in [-0.15, -0.1) is 0 Å². The third-order valence-electron chi connectivity index (χ3n) is 5.18. The summed E-state index contributed by atoms with van der Waals surface area (Å²) in [7, 11) is -3.36. The maximum absolute atomic E-state index is 13.5. The average molecular weight is 418 g/mol. The number of aromatic nitrogens is 2. The standard InChI is InChI=1S/C18H19FN6O3S/c1-12-10-24-17(16(9-21-24)25-5-2-6-29(25,27)28)11-23(12)18(26)22-14-3-4-15(19)13(7-14)8-20/h3-4,7,9,12H,2,5-6,10-11H2,1H3,(H,22,26). The Balaban J connectivity index is 1.58. The van der Waals surface area contributed by atoms with Crippen LogP contribution in [0.2, 0.25) is 0 Å². The van der Waals surface area contributed by atoms with Gasteiger partial charge < -0.3 is 10.2 Å². The first-order chi connectivity index (χ1) is 13.8. The number of amides is 2. The smallest absolute Gasteiger partial charge is 0.314 e. The van der Waals surface area contributed by atoms with Gasteiger partial charge in [-0.1, -0.05) is 0 Å². The maximum Gasteiger partial charge on any atom is 0.322 e. The van der Waals surface area contributed by atoms with Gasteiger partial charge in [0.25, 0.3) is 0 Å². The molecule has 1 fully saturated rings. The molecule has 1 unspecified atom stereocenters. The molecule has 3 heterocycles. The van der Waals surface area contributed by atoms with Crippen LogP contribution < -0.4 is 9.62 Å². The van der Waals surface area contributed by atoms with Crippen LogP contribution in [0.1, 0.15) is 24.6 Å². The second-order valence-corrected chi connectivity index (χ2v) is 9.13. The van der Waals surface area contributed by atoms with E-state index < -0.39 is 21.9 Å². The number of fused-ring (bicyclic) bond motifs is 1. The van der Waals surface area contributed by atoms with Gasteiger partial charge in [-0.05, 0) is 31.5 Å². The van der Waals surface area contributed by atoms with Gasteiger partial charge in [0.15, 0.2) is 0 Å². The molecule has 1 N–H and O–H groups in total. The normalized spacial score (nSPS) is 20.2. The minimum Gasteiger partial charge on any atom is -0.314 e. The zero-order chi connectivity index (χ0) is 20.8. The lowest BCUT2D eigenvalue weighted by molar-refractivity contribution is 0.162. The number of sulfonamides is 1. The summed E-state index contributed by atoms with van der Waals surface area (Å²) in [6.07, 6.45) is 2.09. The molecule has 0 aliphatic carbocycles.